The Labute approximate surface area is 92.2 Å². The quantitative estimate of drug-likeness (QED) is 0.780. The van der Waals surface area contributed by atoms with Gasteiger partial charge in [0.25, 0.3) is 5.91 Å². The van der Waals surface area contributed by atoms with E-state index in [2.05, 4.69) is 5.32 Å². The molecule has 16 heavy (non-hydrogen) atoms. The Morgan fingerprint density at radius 1 is 1.56 bits per heavy atom. The number of allylic oxidation sites excluding steroid dienone is 2. The SMILES string of the molecule is CCNC(=O)C1=CC(C)(C(F)(F)F)CC=C1. The Kier molecular flexibility index (Phi) is 3.45. The smallest absolute Gasteiger partial charge is 0.352 e. The van der Waals surface area contributed by atoms with Crippen LogP contribution in [0.25, 0.3) is 0 Å². The predicted octanol–water partition coefficient (Wildman–Crippen LogP) is 2.58. The third kappa shape index (κ3) is 2.46. The van der Waals surface area contributed by atoms with E-state index in [0.29, 0.717) is 6.54 Å². The molecule has 0 aromatic heterocycles. The number of likely N-dealkylation sites (N-methyl/N-ethyl adjacent to an activating group) is 1. The summed E-state index contributed by atoms with van der Waals surface area (Å²) < 4.78 is 38.2. The van der Waals surface area contributed by atoms with Gasteiger partial charge in [-0.25, -0.2) is 0 Å². The van der Waals surface area contributed by atoms with Gasteiger partial charge in [-0.1, -0.05) is 18.2 Å². The minimum Gasteiger partial charge on any atom is -0.352 e. The Hall–Kier alpha value is -1.26. The minimum absolute atomic E-state index is 0.0768. The summed E-state index contributed by atoms with van der Waals surface area (Å²) in [5.74, 6) is -0.464. The van der Waals surface area contributed by atoms with Gasteiger partial charge >= 0.3 is 6.18 Å². The second-order valence-electron chi connectivity index (χ2n) is 3.98. The maximum Gasteiger partial charge on any atom is 0.397 e. The summed E-state index contributed by atoms with van der Waals surface area (Å²) in [6.07, 6.45) is -0.649. The van der Waals surface area contributed by atoms with Crippen LogP contribution in [0.4, 0.5) is 13.2 Å². The molecule has 90 valence electrons. The maximum absolute atomic E-state index is 12.7. The number of halogens is 3. The lowest BCUT2D eigenvalue weighted by atomic mass is 9.80. The summed E-state index contributed by atoms with van der Waals surface area (Å²) in [7, 11) is 0. The first kappa shape index (κ1) is 12.8. The van der Waals surface area contributed by atoms with E-state index >= 15 is 0 Å². The van der Waals surface area contributed by atoms with Crippen LogP contribution in [0.3, 0.4) is 0 Å². The van der Waals surface area contributed by atoms with Crippen LogP contribution in [0.5, 0.6) is 0 Å². The van der Waals surface area contributed by atoms with Crippen molar-refractivity contribution >= 4 is 5.91 Å². The number of amides is 1. The molecule has 5 heteroatoms. The number of carbonyl (C=O) groups is 1. The van der Waals surface area contributed by atoms with Gasteiger partial charge in [-0.3, -0.25) is 4.79 Å². The molecule has 0 spiro atoms. The van der Waals surface area contributed by atoms with E-state index in [9.17, 15) is 18.0 Å². The molecule has 0 saturated carbocycles. The normalized spacial score (nSPS) is 25.2. The first-order valence-electron chi connectivity index (χ1n) is 5.04. The lowest BCUT2D eigenvalue weighted by Crippen LogP contribution is -2.36. The van der Waals surface area contributed by atoms with E-state index in [1.165, 1.54) is 12.2 Å². The Morgan fingerprint density at radius 2 is 2.19 bits per heavy atom. The average molecular weight is 233 g/mol. The second-order valence-corrected chi connectivity index (χ2v) is 3.98. The molecule has 1 aliphatic rings. The van der Waals surface area contributed by atoms with Crippen molar-refractivity contribution in [2.24, 2.45) is 5.41 Å². The number of rotatable bonds is 2. The van der Waals surface area contributed by atoms with Gasteiger partial charge in [-0.05, 0) is 20.3 Å². The predicted molar refractivity (Wildman–Crippen MR) is 54.7 cm³/mol. The molecular formula is C11H14F3NO. The number of carbonyl (C=O) groups excluding carboxylic acids is 1. The van der Waals surface area contributed by atoms with E-state index in [1.54, 1.807) is 6.92 Å². The fraction of sp³-hybridized carbons (Fsp3) is 0.545. The molecule has 2 nitrogen and oxygen atoms in total. The molecule has 0 fully saturated rings. The number of nitrogens with one attached hydrogen (secondary N) is 1. The van der Waals surface area contributed by atoms with Crippen LogP contribution in [0.15, 0.2) is 23.8 Å². The molecule has 0 aromatic carbocycles. The third-order valence-corrected chi connectivity index (χ3v) is 2.56. The van der Waals surface area contributed by atoms with Crippen molar-refractivity contribution in [3.05, 3.63) is 23.8 Å². The molecule has 0 heterocycles. The molecule has 1 N–H and O–H groups in total. The number of alkyl halides is 3. The van der Waals surface area contributed by atoms with Crippen molar-refractivity contribution in [3.8, 4) is 0 Å². The molecule has 0 radical (unpaired) electrons. The van der Waals surface area contributed by atoms with Crippen LogP contribution in [0.1, 0.15) is 20.3 Å². The summed E-state index contributed by atoms with van der Waals surface area (Å²) in [6, 6.07) is 0. The van der Waals surface area contributed by atoms with Crippen LogP contribution >= 0.6 is 0 Å². The molecule has 0 aromatic rings. The Bertz CT molecular complexity index is 344. The topological polar surface area (TPSA) is 29.1 Å². The van der Waals surface area contributed by atoms with E-state index < -0.39 is 17.5 Å². The van der Waals surface area contributed by atoms with Crippen molar-refractivity contribution in [2.75, 3.05) is 6.54 Å². The molecule has 1 aliphatic carbocycles. The summed E-state index contributed by atoms with van der Waals surface area (Å²) in [5, 5.41) is 2.48. The van der Waals surface area contributed by atoms with Gasteiger partial charge in [0, 0.05) is 12.1 Å². The average Bonchev–Trinajstić information content (AvgIpc) is 2.16. The molecular weight excluding hydrogens is 219 g/mol. The van der Waals surface area contributed by atoms with Crippen LogP contribution in [-0.2, 0) is 4.79 Å². The van der Waals surface area contributed by atoms with Crippen molar-refractivity contribution < 1.29 is 18.0 Å². The molecule has 1 rings (SSSR count). The van der Waals surface area contributed by atoms with Gasteiger partial charge in [0.15, 0.2) is 0 Å². The molecule has 1 amide bonds. The molecule has 1 unspecified atom stereocenters. The van der Waals surface area contributed by atoms with Gasteiger partial charge in [0.2, 0.25) is 0 Å². The second kappa shape index (κ2) is 4.31. The Balaban J connectivity index is 2.96. The van der Waals surface area contributed by atoms with Gasteiger partial charge in [0.1, 0.15) is 0 Å². The van der Waals surface area contributed by atoms with E-state index in [1.807, 2.05) is 0 Å². The van der Waals surface area contributed by atoms with Crippen molar-refractivity contribution in [3.63, 3.8) is 0 Å². The highest BCUT2D eigenvalue weighted by Gasteiger charge is 2.49. The van der Waals surface area contributed by atoms with E-state index in [0.717, 1.165) is 13.0 Å². The lowest BCUT2D eigenvalue weighted by Gasteiger charge is -2.30. The van der Waals surface area contributed by atoms with Gasteiger partial charge < -0.3 is 5.32 Å². The standard InChI is InChI=1S/C11H14F3NO/c1-3-15-9(16)8-5-4-6-10(2,7-8)11(12,13)14/h4-5,7H,3,6H2,1-2H3,(H,15,16). The molecule has 0 aliphatic heterocycles. The zero-order valence-electron chi connectivity index (χ0n) is 9.19. The lowest BCUT2D eigenvalue weighted by molar-refractivity contribution is -0.199. The van der Waals surface area contributed by atoms with Crippen molar-refractivity contribution in [2.45, 2.75) is 26.4 Å². The van der Waals surface area contributed by atoms with Crippen LogP contribution in [0.2, 0.25) is 0 Å². The number of hydrogen-bond acceptors (Lipinski definition) is 1. The zero-order valence-corrected chi connectivity index (χ0v) is 9.19. The fourth-order valence-corrected chi connectivity index (χ4v) is 1.48. The van der Waals surface area contributed by atoms with Crippen LogP contribution in [0, 0.1) is 5.41 Å². The summed E-state index contributed by atoms with van der Waals surface area (Å²) in [5.41, 5.74) is -1.87. The van der Waals surface area contributed by atoms with E-state index in [-0.39, 0.29) is 12.0 Å². The van der Waals surface area contributed by atoms with Gasteiger partial charge in [-0.2, -0.15) is 13.2 Å². The molecule has 0 bridgehead atoms. The first-order chi connectivity index (χ1) is 7.30. The molecule has 1 atom stereocenters. The van der Waals surface area contributed by atoms with Crippen LogP contribution in [-0.4, -0.2) is 18.6 Å². The third-order valence-electron chi connectivity index (χ3n) is 2.56. The zero-order chi connectivity index (χ0) is 12.4. The van der Waals surface area contributed by atoms with Crippen molar-refractivity contribution in [1.29, 1.82) is 0 Å². The highest BCUT2D eigenvalue weighted by Crippen LogP contribution is 2.44. The molecule has 0 saturated heterocycles. The summed E-state index contributed by atoms with van der Waals surface area (Å²) in [4.78, 5) is 11.4. The van der Waals surface area contributed by atoms with E-state index in [4.69, 9.17) is 0 Å². The highest BCUT2D eigenvalue weighted by atomic mass is 19.4. The first-order valence-corrected chi connectivity index (χ1v) is 5.04. The van der Waals surface area contributed by atoms with Crippen molar-refractivity contribution in [1.82, 2.24) is 5.32 Å². The van der Waals surface area contributed by atoms with Gasteiger partial charge in [-0.15, -0.1) is 0 Å². The van der Waals surface area contributed by atoms with Gasteiger partial charge in [0.05, 0.1) is 5.41 Å². The summed E-state index contributed by atoms with van der Waals surface area (Å²) >= 11 is 0. The summed E-state index contributed by atoms with van der Waals surface area (Å²) in [6.45, 7) is 3.20. The number of hydrogen-bond donors (Lipinski definition) is 1. The fourth-order valence-electron chi connectivity index (χ4n) is 1.48. The monoisotopic (exact) mass is 233 g/mol. The highest BCUT2D eigenvalue weighted by molar-refractivity contribution is 5.96. The Morgan fingerprint density at radius 3 is 2.69 bits per heavy atom. The minimum atomic E-state index is -4.34. The van der Waals surface area contributed by atoms with Crippen LogP contribution < -0.4 is 5.32 Å². The largest absolute Gasteiger partial charge is 0.397 e. The maximum atomic E-state index is 12.7.